The van der Waals surface area contributed by atoms with Crippen LogP contribution < -0.4 is 0 Å². The quantitative estimate of drug-likeness (QED) is 0.730. The highest BCUT2D eigenvalue weighted by molar-refractivity contribution is 7.89. The zero-order valence-corrected chi connectivity index (χ0v) is 16.7. The summed E-state index contributed by atoms with van der Waals surface area (Å²) in [4.78, 5) is 14.5. The molecule has 1 aliphatic rings. The molecule has 0 saturated carbocycles. The van der Waals surface area contributed by atoms with Crippen LogP contribution in [0.5, 0.6) is 0 Å². The fourth-order valence-electron chi connectivity index (χ4n) is 2.57. The van der Waals surface area contributed by atoms with Crippen molar-refractivity contribution >= 4 is 62.1 Å². The predicted molar refractivity (Wildman–Crippen MR) is 100 cm³/mol. The minimum absolute atomic E-state index is 0.0826. The Kier molecular flexibility index (Phi) is 5.63. The molecule has 0 atom stereocenters. The van der Waals surface area contributed by atoms with E-state index in [0.29, 0.717) is 9.21 Å². The first kappa shape index (κ1) is 18.9. The number of rotatable bonds is 3. The van der Waals surface area contributed by atoms with Crippen molar-refractivity contribution in [2.45, 2.75) is 4.90 Å². The Morgan fingerprint density at radius 3 is 2.08 bits per heavy atom. The summed E-state index contributed by atoms with van der Waals surface area (Å²) in [7, 11) is -3.82. The fraction of sp³-hybridized carbons (Fsp3) is 0.267. The molecule has 1 saturated heterocycles. The summed E-state index contributed by atoms with van der Waals surface area (Å²) < 4.78 is 27.5. The maximum atomic E-state index is 12.8. The van der Waals surface area contributed by atoms with Gasteiger partial charge in [0.25, 0.3) is 5.91 Å². The van der Waals surface area contributed by atoms with Gasteiger partial charge in [-0.15, -0.1) is 11.3 Å². The molecule has 2 aromatic rings. The normalized spacial score (nSPS) is 16.2. The number of piperazine rings is 1. The van der Waals surface area contributed by atoms with E-state index in [1.165, 1.54) is 27.8 Å². The Labute approximate surface area is 164 Å². The van der Waals surface area contributed by atoms with Crippen LogP contribution in [0.2, 0.25) is 14.4 Å². The zero-order chi connectivity index (χ0) is 18.2. The second kappa shape index (κ2) is 7.42. The van der Waals surface area contributed by atoms with E-state index < -0.39 is 10.0 Å². The van der Waals surface area contributed by atoms with Crippen molar-refractivity contribution in [3.05, 3.63) is 49.6 Å². The second-order valence-corrected chi connectivity index (χ2v) is 9.76. The van der Waals surface area contributed by atoms with Crippen molar-refractivity contribution in [3.63, 3.8) is 0 Å². The average molecular weight is 440 g/mol. The van der Waals surface area contributed by atoms with Crippen molar-refractivity contribution in [1.82, 2.24) is 9.21 Å². The molecule has 1 aliphatic heterocycles. The van der Waals surface area contributed by atoms with Gasteiger partial charge in [-0.2, -0.15) is 4.31 Å². The summed E-state index contributed by atoms with van der Waals surface area (Å²) in [6, 6.07) is 7.90. The number of hydrogen-bond acceptors (Lipinski definition) is 4. The Morgan fingerprint density at radius 1 is 0.960 bits per heavy atom. The van der Waals surface area contributed by atoms with Gasteiger partial charge in [-0.3, -0.25) is 4.79 Å². The van der Waals surface area contributed by atoms with Crippen molar-refractivity contribution in [3.8, 4) is 0 Å². The number of nitrogens with zero attached hydrogens (tertiary/aromatic N) is 2. The van der Waals surface area contributed by atoms with Crippen LogP contribution >= 0.6 is 46.1 Å². The third kappa shape index (κ3) is 3.82. The highest BCUT2D eigenvalue weighted by Crippen LogP contribution is 2.32. The molecule has 0 N–H and O–H groups in total. The maximum Gasteiger partial charge on any atom is 0.264 e. The molecule has 5 nitrogen and oxygen atoms in total. The number of benzene rings is 1. The molecule has 1 fully saturated rings. The van der Waals surface area contributed by atoms with Crippen molar-refractivity contribution in [2.75, 3.05) is 26.2 Å². The van der Waals surface area contributed by atoms with Crippen LogP contribution in [0.4, 0.5) is 0 Å². The number of thiophene rings is 1. The molecule has 1 aromatic heterocycles. The largest absolute Gasteiger partial charge is 0.335 e. The number of carbonyl (C=O) groups is 1. The molecule has 10 heteroatoms. The first-order chi connectivity index (χ1) is 11.8. The second-order valence-electron chi connectivity index (χ2n) is 5.35. The Bertz CT molecular complexity index is 886. The van der Waals surface area contributed by atoms with Gasteiger partial charge >= 0.3 is 0 Å². The first-order valence-electron chi connectivity index (χ1n) is 7.29. The highest BCUT2D eigenvalue weighted by atomic mass is 35.5. The van der Waals surface area contributed by atoms with Gasteiger partial charge in [0.1, 0.15) is 4.90 Å². The van der Waals surface area contributed by atoms with E-state index in [1.54, 1.807) is 23.1 Å². The number of halogens is 3. The first-order valence-corrected chi connectivity index (χ1v) is 10.7. The summed E-state index contributed by atoms with van der Waals surface area (Å²) in [5.74, 6) is -0.148. The fourth-order valence-corrected chi connectivity index (χ4v) is 6.10. The van der Waals surface area contributed by atoms with Gasteiger partial charge in [0.15, 0.2) is 0 Å². The number of carbonyl (C=O) groups excluding carboxylic acids is 1. The lowest BCUT2D eigenvalue weighted by Gasteiger charge is -2.34. The number of hydrogen-bond donors (Lipinski definition) is 0. The van der Waals surface area contributed by atoms with Gasteiger partial charge in [-0.1, -0.05) is 40.9 Å². The highest BCUT2D eigenvalue weighted by Gasteiger charge is 2.33. The molecule has 3 rings (SSSR count). The number of sulfonamides is 1. The number of amides is 1. The van der Waals surface area contributed by atoms with E-state index in [2.05, 4.69) is 0 Å². The summed E-state index contributed by atoms with van der Waals surface area (Å²) in [6.45, 7) is 0.925. The Morgan fingerprint density at radius 2 is 1.56 bits per heavy atom. The SMILES string of the molecule is O=C(c1ccc(Cl)s1)N1CCN(S(=O)(=O)c2c(Cl)cccc2Cl)CC1. The van der Waals surface area contributed by atoms with E-state index in [9.17, 15) is 13.2 Å². The standard InChI is InChI=1S/C15H13Cl3N2O3S2/c16-10-2-1-3-11(17)14(10)25(22,23)20-8-6-19(7-9-20)15(21)12-4-5-13(18)24-12/h1-5H,6-9H2. The lowest BCUT2D eigenvalue weighted by Crippen LogP contribution is -2.50. The topological polar surface area (TPSA) is 57.7 Å². The summed E-state index contributed by atoms with van der Waals surface area (Å²) in [6.07, 6.45) is 0. The van der Waals surface area contributed by atoms with E-state index in [4.69, 9.17) is 34.8 Å². The molecular formula is C15H13Cl3N2O3S2. The smallest absolute Gasteiger partial charge is 0.264 e. The maximum absolute atomic E-state index is 12.8. The molecule has 0 aliphatic carbocycles. The van der Waals surface area contributed by atoms with E-state index in [1.807, 2.05) is 0 Å². The van der Waals surface area contributed by atoms with Gasteiger partial charge in [-0.25, -0.2) is 8.42 Å². The molecular weight excluding hydrogens is 427 g/mol. The van der Waals surface area contributed by atoms with Crippen molar-refractivity contribution in [2.24, 2.45) is 0 Å². The predicted octanol–water partition coefficient (Wildman–Crippen LogP) is 3.86. The third-order valence-electron chi connectivity index (χ3n) is 3.83. The van der Waals surface area contributed by atoms with E-state index in [0.717, 1.165) is 0 Å². The van der Waals surface area contributed by atoms with E-state index in [-0.39, 0.29) is 47.0 Å². The lowest BCUT2D eigenvalue weighted by molar-refractivity contribution is 0.0703. The molecule has 25 heavy (non-hydrogen) atoms. The minimum atomic E-state index is -3.82. The van der Waals surface area contributed by atoms with Crippen LogP contribution in [0, 0.1) is 0 Å². The van der Waals surface area contributed by atoms with Crippen molar-refractivity contribution in [1.29, 1.82) is 0 Å². The Hall–Kier alpha value is -0.830. The zero-order valence-electron chi connectivity index (χ0n) is 12.8. The molecule has 2 heterocycles. The van der Waals surface area contributed by atoms with Crippen molar-refractivity contribution < 1.29 is 13.2 Å². The minimum Gasteiger partial charge on any atom is -0.335 e. The molecule has 134 valence electrons. The van der Waals surface area contributed by atoms with Gasteiger partial charge in [0, 0.05) is 26.2 Å². The third-order valence-corrected chi connectivity index (χ3v) is 7.90. The summed E-state index contributed by atoms with van der Waals surface area (Å²) in [5.41, 5.74) is 0. The van der Waals surface area contributed by atoms with Crippen LogP contribution in [-0.4, -0.2) is 49.7 Å². The average Bonchev–Trinajstić information content (AvgIpc) is 3.00. The molecule has 0 radical (unpaired) electrons. The van der Waals surface area contributed by atoms with Gasteiger partial charge in [0.05, 0.1) is 19.3 Å². The van der Waals surface area contributed by atoms with Crippen LogP contribution in [0.3, 0.4) is 0 Å². The molecule has 1 amide bonds. The van der Waals surface area contributed by atoms with E-state index >= 15 is 0 Å². The summed E-state index contributed by atoms with van der Waals surface area (Å²) in [5, 5.41) is 0.165. The summed E-state index contributed by atoms with van der Waals surface area (Å²) >= 11 is 19.1. The molecule has 1 aromatic carbocycles. The monoisotopic (exact) mass is 438 g/mol. The van der Waals surface area contributed by atoms with Gasteiger partial charge in [-0.05, 0) is 24.3 Å². The lowest BCUT2D eigenvalue weighted by atomic mass is 10.3. The van der Waals surface area contributed by atoms with Gasteiger partial charge in [0.2, 0.25) is 10.0 Å². The molecule has 0 bridgehead atoms. The van der Waals surface area contributed by atoms with Gasteiger partial charge < -0.3 is 4.90 Å². The van der Waals surface area contributed by atoms with Crippen LogP contribution in [0.15, 0.2) is 35.2 Å². The van der Waals surface area contributed by atoms with Crippen LogP contribution in [0.25, 0.3) is 0 Å². The molecule has 0 unspecified atom stereocenters. The van der Waals surface area contributed by atoms with Crippen LogP contribution in [0.1, 0.15) is 9.67 Å². The van der Waals surface area contributed by atoms with Crippen LogP contribution in [-0.2, 0) is 10.0 Å². The molecule has 0 spiro atoms. The Balaban J connectivity index is 1.75.